The smallest absolute Gasteiger partial charge is 0.189 e. The van der Waals surface area contributed by atoms with Crippen LogP contribution in [0.1, 0.15) is 6.92 Å². The van der Waals surface area contributed by atoms with Gasteiger partial charge in [0.15, 0.2) is 5.78 Å². The maximum absolute atomic E-state index is 11.6. The van der Waals surface area contributed by atoms with Gasteiger partial charge in [0.25, 0.3) is 0 Å². The summed E-state index contributed by atoms with van der Waals surface area (Å²) in [6.45, 7) is 4.56. The Hall–Kier alpha value is -1.38. The summed E-state index contributed by atoms with van der Waals surface area (Å²) in [5, 5.41) is 8.74. The zero-order chi connectivity index (χ0) is 11.3. The Morgan fingerprint density at radius 3 is 2.60 bits per heavy atom. The van der Waals surface area contributed by atoms with Crippen molar-refractivity contribution in [1.82, 2.24) is 4.90 Å². The number of nitrogens with two attached hydrogens (primary N) is 1. The normalized spacial score (nSPS) is 19.2. The number of nitrogens with zero attached hydrogens (tertiary/aromatic N) is 2. The first-order valence-electron chi connectivity index (χ1n) is 4.85. The van der Waals surface area contributed by atoms with Gasteiger partial charge < -0.3 is 10.5 Å². The van der Waals surface area contributed by atoms with E-state index in [-0.39, 0.29) is 23.6 Å². The highest BCUT2D eigenvalue weighted by atomic mass is 16.5. The number of ketones is 1. The van der Waals surface area contributed by atoms with E-state index in [9.17, 15) is 4.79 Å². The second-order valence-electron chi connectivity index (χ2n) is 3.48. The minimum atomic E-state index is -0.209. The first-order chi connectivity index (χ1) is 7.15. The van der Waals surface area contributed by atoms with Gasteiger partial charge in [-0.1, -0.05) is 0 Å². The average Bonchev–Trinajstić information content (AvgIpc) is 2.19. The third-order valence-corrected chi connectivity index (χ3v) is 2.26. The topological polar surface area (TPSA) is 79.3 Å². The van der Waals surface area contributed by atoms with Crippen molar-refractivity contribution in [3.63, 3.8) is 0 Å². The van der Waals surface area contributed by atoms with Crippen LogP contribution in [0.3, 0.4) is 0 Å². The van der Waals surface area contributed by atoms with E-state index in [1.165, 1.54) is 0 Å². The number of morpholine rings is 1. The maximum Gasteiger partial charge on any atom is 0.189 e. The summed E-state index contributed by atoms with van der Waals surface area (Å²) in [5.41, 5.74) is 5.80. The number of Topliss-reactive ketones (excluding diaryl/α,β-unsaturated/α-hetero) is 1. The molecule has 0 aromatic rings. The van der Waals surface area contributed by atoms with Crippen LogP contribution < -0.4 is 5.73 Å². The number of allylic oxidation sites excluding steroid dienone is 1. The summed E-state index contributed by atoms with van der Waals surface area (Å²) in [5.74, 6) is -0.209. The van der Waals surface area contributed by atoms with E-state index in [0.29, 0.717) is 13.2 Å². The fourth-order valence-corrected chi connectivity index (χ4v) is 1.41. The summed E-state index contributed by atoms with van der Waals surface area (Å²) in [6.07, 6.45) is 0. The number of hydrogen-bond acceptors (Lipinski definition) is 5. The summed E-state index contributed by atoms with van der Waals surface area (Å²) in [7, 11) is 0. The highest BCUT2D eigenvalue weighted by Gasteiger charge is 2.17. The molecule has 0 atom stereocenters. The van der Waals surface area contributed by atoms with E-state index in [2.05, 4.69) is 0 Å². The monoisotopic (exact) mass is 209 g/mol. The molecule has 82 valence electrons. The van der Waals surface area contributed by atoms with Crippen LogP contribution in [0.15, 0.2) is 11.3 Å². The number of nitriles is 1. The van der Waals surface area contributed by atoms with Gasteiger partial charge in [-0.15, -0.1) is 0 Å². The van der Waals surface area contributed by atoms with Gasteiger partial charge >= 0.3 is 0 Å². The number of hydrogen-bond donors (Lipinski definition) is 1. The maximum atomic E-state index is 11.6. The molecule has 0 unspecified atom stereocenters. The largest absolute Gasteiger partial charge is 0.401 e. The highest BCUT2D eigenvalue weighted by molar-refractivity contribution is 6.00. The molecule has 0 aliphatic carbocycles. The van der Waals surface area contributed by atoms with E-state index in [4.69, 9.17) is 15.7 Å². The molecule has 1 aliphatic rings. The quantitative estimate of drug-likeness (QED) is 0.507. The van der Waals surface area contributed by atoms with Crippen molar-refractivity contribution < 1.29 is 9.53 Å². The summed E-state index contributed by atoms with van der Waals surface area (Å²) >= 11 is 0. The standard InChI is InChI=1S/C10H15N3O2/c1-8(12)9(6-11)10(14)7-13-2-4-15-5-3-13/h2-5,7,12H2,1H3. The van der Waals surface area contributed by atoms with Crippen LogP contribution in [0.5, 0.6) is 0 Å². The molecule has 1 aliphatic heterocycles. The zero-order valence-electron chi connectivity index (χ0n) is 8.82. The molecular weight excluding hydrogens is 194 g/mol. The second kappa shape index (κ2) is 5.49. The summed E-state index contributed by atoms with van der Waals surface area (Å²) < 4.78 is 5.16. The Morgan fingerprint density at radius 2 is 2.13 bits per heavy atom. The zero-order valence-corrected chi connectivity index (χ0v) is 8.82. The number of ether oxygens (including phenoxy) is 1. The number of carbonyl (C=O) groups is 1. The molecule has 1 saturated heterocycles. The summed E-state index contributed by atoms with van der Waals surface area (Å²) in [6, 6.07) is 1.84. The Kier molecular flexibility index (Phi) is 4.28. The molecule has 0 aromatic heterocycles. The third kappa shape index (κ3) is 3.35. The first kappa shape index (κ1) is 11.7. The van der Waals surface area contributed by atoms with Crippen molar-refractivity contribution in [1.29, 1.82) is 5.26 Å². The average molecular weight is 209 g/mol. The lowest BCUT2D eigenvalue weighted by atomic mass is 10.1. The summed E-state index contributed by atoms with van der Waals surface area (Å²) in [4.78, 5) is 13.6. The van der Waals surface area contributed by atoms with Crippen LogP contribution in [0.25, 0.3) is 0 Å². The van der Waals surface area contributed by atoms with Crippen LogP contribution in [0.4, 0.5) is 0 Å². The fraction of sp³-hybridized carbons (Fsp3) is 0.600. The van der Waals surface area contributed by atoms with Gasteiger partial charge in [-0.05, 0) is 6.92 Å². The van der Waals surface area contributed by atoms with Crippen molar-refractivity contribution in [3.05, 3.63) is 11.3 Å². The molecule has 0 aromatic carbocycles. The van der Waals surface area contributed by atoms with Gasteiger partial charge in [0.05, 0.1) is 19.8 Å². The van der Waals surface area contributed by atoms with E-state index in [1.807, 2.05) is 11.0 Å². The van der Waals surface area contributed by atoms with Crippen LogP contribution in [0, 0.1) is 11.3 Å². The molecule has 1 rings (SSSR count). The van der Waals surface area contributed by atoms with Crippen LogP contribution in [0.2, 0.25) is 0 Å². The highest BCUT2D eigenvalue weighted by Crippen LogP contribution is 2.03. The van der Waals surface area contributed by atoms with Gasteiger partial charge in [-0.2, -0.15) is 5.26 Å². The van der Waals surface area contributed by atoms with Gasteiger partial charge in [0, 0.05) is 18.8 Å². The fourth-order valence-electron chi connectivity index (χ4n) is 1.41. The molecule has 1 heterocycles. The molecule has 5 heteroatoms. The van der Waals surface area contributed by atoms with Gasteiger partial charge in [0.1, 0.15) is 11.6 Å². The first-order valence-corrected chi connectivity index (χ1v) is 4.85. The molecule has 2 N–H and O–H groups in total. The predicted octanol–water partition coefficient (Wildman–Crippen LogP) is -0.356. The number of carbonyl (C=O) groups excluding carboxylic acids is 1. The van der Waals surface area contributed by atoms with E-state index >= 15 is 0 Å². The molecule has 0 amide bonds. The van der Waals surface area contributed by atoms with Gasteiger partial charge in [0.2, 0.25) is 0 Å². The van der Waals surface area contributed by atoms with Gasteiger partial charge in [-0.25, -0.2) is 0 Å². The van der Waals surface area contributed by atoms with Crippen LogP contribution >= 0.6 is 0 Å². The Morgan fingerprint density at radius 1 is 1.53 bits per heavy atom. The minimum Gasteiger partial charge on any atom is -0.401 e. The van der Waals surface area contributed by atoms with Crippen molar-refractivity contribution in [2.45, 2.75) is 6.92 Å². The Bertz CT molecular complexity index is 307. The molecule has 15 heavy (non-hydrogen) atoms. The lowest BCUT2D eigenvalue weighted by molar-refractivity contribution is -0.117. The van der Waals surface area contributed by atoms with Crippen molar-refractivity contribution >= 4 is 5.78 Å². The molecular formula is C10H15N3O2. The van der Waals surface area contributed by atoms with E-state index in [0.717, 1.165) is 13.1 Å². The predicted molar refractivity (Wildman–Crippen MR) is 54.8 cm³/mol. The van der Waals surface area contributed by atoms with Crippen molar-refractivity contribution in [2.75, 3.05) is 32.8 Å². The molecule has 0 saturated carbocycles. The van der Waals surface area contributed by atoms with Crippen LogP contribution in [-0.4, -0.2) is 43.5 Å². The molecule has 1 fully saturated rings. The second-order valence-corrected chi connectivity index (χ2v) is 3.48. The number of rotatable bonds is 3. The third-order valence-electron chi connectivity index (χ3n) is 2.26. The lowest BCUT2D eigenvalue weighted by Gasteiger charge is -2.25. The van der Waals surface area contributed by atoms with E-state index < -0.39 is 0 Å². The van der Waals surface area contributed by atoms with Gasteiger partial charge in [-0.3, -0.25) is 9.69 Å². The van der Waals surface area contributed by atoms with Crippen molar-refractivity contribution in [2.24, 2.45) is 5.73 Å². The molecule has 0 bridgehead atoms. The van der Waals surface area contributed by atoms with Crippen LogP contribution in [-0.2, 0) is 9.53 Å². The molecule has 0 radical (unpaired) electrons. The SMILES string of the molecule is CC(N)=C(C#N)C(=O)CN1CCOCC1. The Labute approximate surface area is 89.1 Å². The minimum absolute atomic E-state index is 0.0708. The molecule has 0 spiro atoms. The lowest BCUT2D eigenvalue weighted by Crippen LogP contribution is -2.40. The molecule has 5 nitrogen and oxygen atoms in total. The van der Waals surface area contributed by atoms with Crippen molar-refractivity contribution in [3.8, 4) is 6.07 Å². The van der Waals surface area contributed by atoms with E-state index in [1.54, 1.807) is 6.92 Å². The Balaban J connectivity index is 2.55.